The molecule has 0 spiro atoms. The molecule has 1 unspecified atom stereocenters. The minimum absolute atomic E-state index is 0.524. The summed E-state index contributed by atoms with van der Waals surface area (Å²) in [7, 11) is 2.02. The van der Waals surface area contributed by atoms with E-state index >= 15 is 0 Å². The topological polar surface area (TPSA) is 83.8 Å². The first kappa shape index (κ1) is 17.4. The van der Waals surface area contributed by atoms with E-state index in [4.69, 9.17) is 0 Å². The lowest BCUT2D eigenvalue weighted by atomic mass is 10.1. The van der Waals surface area contributed by atoms with Gasteiger partial charge < -0.3 is 15.5 Å². The average Bonchev–Trinajstić information content (AvgIpc) is 3.35. The van der Waals surface area contributed by atoms with Crippen LogP contribution in [0.4, 0.5) is 17.6 Å². The number of nitrogens with zero attached hydrogens (tertiary/aromatic N) is 6. The Morgan fingerprint density at radius 1 is 1.26 bits per heavy atom. The van der Waals surface area contributed by atoms with Crippen LogP contribution in [0.15, 0.2) is 49.1 Å². The molecule has 0 amide bonds. The zero-order valence-electron chi connectivity index (χ0n) is 15.4. The van der Waals surface area contributed by atoms with Crippen LogP contribution < -0.4 is 15.5 Å². The van der Waals surface area contributed by atoms with Gasteiger partial charge in [0.25, 0.3) is 0 Å². The largest absolute Gasteiger partial charge is 0.343 e. The third kappa shape index (κ3) is 4.59. The Morgan fingerprint density at radius 2 is 2.15 bits per heavy atom. The van der Waals surface area contributed by atoms with E-state index in [9.17, 15) is 0 Å². The average molecular weight is 364 g/mol. The Kier molecular flexibility index (Phi) is 5.24. The first-order chi connectivity index (χ1) is 13.3. The predicted octanol–water partition coefficient (Wildman–Crippen LogP) is 1.91. The van der Waals surface area contributed by atoms with Crippen LogP contribution in [0, 0.1) is 5.92 Å². The molecule has 1 fully saturated rings. The molecule has 140 valence electrons. The molecule has 3 aromatic rings. The molecule has 27 heavy (non-hydrogen) atoms. The fraction of sp³-hybridized carbons (Fsp3) is 0.368. The van der Waals surface area contributed by atoms with Crippen LogP contribution in [0.1, 0.15) is 12.0 Å². The summed E-state index contributed by atoms with van der Waals surface area (Å²) in [6, 6.07) is 10.2. The van der Waals surface area contributed by atoms with Gasteiger partial charge in [0.15, 0.2) is 0 Å². The second-order valence-corrected chi connectivity index (χ2v) is 6.89. The Balaban J connectivity index is 1.39. The maximum absolute atomic E-state index is 4.54. The molecule has 1 aromatic carbocycles. The lowest BCUT2D eigenvalue weighted by Crippen LogP contribution is -2.28. The minimum atomic E-state index is 0.524. The third-order valence-corrected chi connectivity index (χ3v) is 4.67. The molecule has 1 aliphatic heterocycles. The van der Waals surface area contributed by atoms with Gasteiger partial charge in [0.1, 0.15) is 6.33 Å². The van der Waals surface area contributed by atoms with E-state index in [-0.39, 0.29) is 0 Å². The smallest absolute Gasteiger partial charge is 0.232 e. The summed E-state index contributed by atoms with van der Waals surface area (Å²) in [4.78, 5) is 15.2. The molecule has 8 heteroatoms. The first-order valence-corrected chi connectivity index (χ1v) is 9.20. The van der Waals surface area contributed by atoms with Gasteiger partial charge in [-0.1, -0.05) is 30.3 Å². The normalized spacial score (nSPS) is 16.4. The van der Waals surface area contributed by atoms with Crippen molar-refractivity contribution in [2.75, 3.05) is 36.9 Å². The number of anilines is 3. The molecular weight excluding hydrogens is 340 g/mol. The van der Waals surface area contributed by atoms with Gasteiger partial charge in [-0.15, -0.1) is 0 Å². The van der Waals surface area contributed by atoms with E-state index in [1.165, 1.54) is 12.0 Å². The number of hydrogen-bond acceptors (Lipinski definition) is 7. The first-order valence-electron chi connectivity index (χ1n) is 9.20. The molecule has 1 aliphatic rings. The van der Waals surface area contributed by atoms with Crippen molar-refractivity contribution in [3.8, 4) is 0 Å². The quantitative estimate of drug-likeness (QED) is 0.662. The summed E-state index contributed by atoms with van der Waals surface area (Å²) in [6.45, 7) is 3.81. The summed E-state index contributed by atoms with van der Waals surface area (Å²) in [6.07, 6.45) is 6.47. The number of hydrogen-bond donors (Lipinski definition) is 2. The fourth-order valence-corrected chi connectivity index (χ4v) is 3.29. The summed E-state index contributed by atoms with van der Waals surface area (Å²) in [5.74, 6) is 1.84. The van der Waals surface area contributed by atoms with Crippen LogP contribution in [0.25, 0.3) is 0 Å². The highest BCUT2D eigenvalue weighted by Crippen LogP contribution is 2.16. The van der Waals surface area contributed by atoms with E-state index in [0.717, 1.165) is 31.9 Å². The van der Waals surface area contributed by atoms with Crippen molar-refractivity contribution < 1.29 is 0 Å². The number of aromatic nitrogens is 5. The van der Waals surface area contributed by atoms with Gasteiger partial charge in [0, 0.05) is 19.8 Å². The molecule has 0 bridgehead atoms. The molecule has 2 N–H and O–H groups in total. The second-order valence-electron chi connectivity index (χ2n) is 6.89. The number of rotatable bonds is 7. The van der Waals surface area contributed by atoms with E-state index in [0.29, 0.717) is 17.8 Å². The second kappa shape index (κ2) is 8.13. The maximum atomic E-state index is 4.54. The minimum Gasteiger partial charge on any atom is -0.343 e. The summed E-state index contributed by atoms with van der Waals surface area (Å²) >= 11 is 0. The molecular formula is C19H24N8. The van der Waals surface area contributed by atoms with Crippen molar-refractivity contribution in [2.24, 2.45) is 5.92 Å². The van der Waals surface area contributed by atoms with Gasteiger partial charge in [0.2, 0.25) is 11.9 Å². The molecule has 4 rings (SSSR count). The van der Waals surface area contributed by atoms with Crippen molar-refractivity contribution in [3.63, 3.8) is 0 Å². The molecule has 0 aliphatic carbocycles. The molecule has 1 atom stereocenters. The van der Waals surface area contributed by atoms with Crippen LogP contribution in [0.5, 0.6) is 0 Å². The van der Waals surface area contributed by atoms with Gasteiger partial charge in [-0.05, 0) is 31.0 Å². The van der Waals surface area contributed by atoms with Crippen LogP contribution >= 0.6 is 0 Å². The van der Waals surface area contributed by atoms with Gasteiger partial charge in [-0.25, -0.2) is 9.97 Å². The molecule has 8 nitrogen and oxygen atoms in total. The highest BCUT2D eigenvalue weighted by atomic mass is 15.3. The molecule has 3 heterocycles. The van der Waals surface area contributed by atoms with Crippen molar-refractivity contribution >= 4 is 17.6 Å². The van der Waals surface area contributed by atoms with Gasteiger partial charge >= 0.3 is 0 Å². The Morgan fingerprint density at radius 3 is 2.96 bits per heavy atom. The Bertz CT molecular complexity index is 857. The van der Waals surface area contributed by atoms with Gasteiger partial charge in [0.05, 0.1) is 18.4 Å². The van der Waals surface area contributed by atoms with Gasteiger partial charge in [-0.3, -0.25) is 4.68 Å². The Hall–Kier alpha value is -3.00. The Labute approximate surface area is 158 Å². The molecule has 0 radical (unpaired) electrons. The predicted molar refractivity (Wildman–Crippen MR) is 105 cm³/mol. The molecule has 1 saturated heterocycles. The van der Waals surface area contributed by atoms with Crippen LogP contribution in [-0.4, -0.2) is 51.4 Å². The van der Waals surface area contributed by atoms with E-state index in [1.54, 1.807) is 12.5 Å². The number of benzene rings is 1. The van der Waals surface area contributed by atoms with Crippen molar-refractivity contribution in [1.82, 2.24) is 30.0 Å². The maximum Gasteiger partial charge on any atom is 0.232 e. The van der Waals surface area contributed by atoms with Gasteiger partial charge in [-0.2, -0.15) is 10.1 Å². The molecule has 2 aromatic heterocycles. The summed E-state index contributed by atoms with van der Waals surface area (Å²) in [5.41, 5.74) is 2.06. The highest BCUT2D eigenvalue weighted by molar-refractivity contribution is 5.51. The highest BCUT2D eigenvalue weighted by Gasteiger charge is 2.18. The lowest BCUT2D eigenvalue weighted by molar-refractivity contribution is 0.572. The SMILES string of the molecule is CN(CC1CCNC1)c1ncnc(Nc2cnn(Cc3ccccc3)c2)n1. The standard InChI is InChI=1S/C19H24N8/c1-26(11-16-7-8-20-9-16)19-22-14-21-18(25-19)24-17-10-23-27(13-17)12-15-5-3-2-4-6-15/h2-6,10,13-14,16,20H,7-9,11-12H2,1H3,(H,21,22,24,25). The third-order valence-electron chi connectivity index (χ3n) is 4.67. The number of nitrogens with one attached hydrogen (secondary N) is 2. The van der Waals surface area contributed by atoms with Crippen LogP contribution in [-0.2, 0) is 6.54 Å². The monoisotopic (exact) mass is 364 g/mol. The van der Waals surface area contributed by atoms with Crippen LogP contribution in [0.3, 0.4) is 0 Å². The van der Waals surface area contributed by atoms with Crippen molar-refractivity contribution in [3.05, 3.63) is 54.6 Å². The van der Waals surface area contributed by atoms with Crippen LogP contribution in [0.2, 0.25) is 0 Å². The summed E-state index contributed by atoms with van der Waals surface area (Å²) in [5, 5.41) is 11.0. The lowest BCUT2D eigenvalue weighted by Gasteiger charge is -2.20. The fourth-order valence-electron chi connectivity index (χ4n) is 3.29. The zero-order chi connectivity index (χ0) is 18.5. The zero-order valence-corrected chi connectivity index (χ0v) is 15.4. The van der Waals surface area contributed by atoms with Crippen molar-refractivity contribution in [2.45, 2.75) is 13.0 Å². The van der Waals surface area contributed by atoms with Crippen molar-refractivity contribution in [1.29, 1.82) is 0 Å². The van der Waals surface area contributed by atoms with E-state index < -0.39 is 0 Å². The molecule has 0 saturated carbocycles. The van der Waals surface area contributed by atoms with E-state index in [2.05, 4.69) is 47.7 Å². The summed E-state index contributed by atoms with van der Waals surface area (Å²) < 4.78 is 1.89. The van der Waals surface area contributed by atoms with E-state index in [1.807, 2.05) is 36.1 Å².